The fourth-order valence-electron chi connectivity index (χ4n) is 11.1. The Kier molecular flexibility index (Phi) is 18.5. The first-order valence-electron chi connectivity index (χ1n) is 27.4. The minimum absolute atomic E-state index is 0.0454. The van der Waals surface area contributed by atoms with E-state index in [1.165, 1.54) is 36.4 Å². The van der Waals surface area contributed by atoms with E-state index < -0.39 is 94.4 Å². The van der Waals surface area contributed by atoms with E-state index in [1.807, 2.05) is 149 Å². The number of hydrogen-bond donors (Lipinski definition) is 3. The third-order valence-electron chi connectivity index (χ3n) is 15.5. The molecule has 426 valence electrons. The molecule has 81 heavy (non-hydrogen) atoms. The van der Waals surface area contributed by atoms with Crippen LogP contribution >= 0.6 is 0 Å². The molecule has 2 saturated heterocycles. The molecule has 3 heterocycles. The summed E-state index contributed by atoms with van der Waals surface area (Å²) in [5, 5.41) is 34.0. The van der Waals surface area contributed by atoms with E-state index >= 15 is 17.6 Å². The van der Waals surface area contributed by atoms with Gasteiger partial charge in [0.2, 0.25) is 0 Å². The van der Waals surface area contributed by atoms with Crippen molar-refractivity contribution in [3.05, 3.63) is 250 Å². The zero-order chi connectivity index (χ0) is 57.4. The number of rotatable bonds is 18. The summed E-state index contributed by atoms with van der Waals surface area (Å²) in [6.07, 6.45) is -5.81. The van der Waals surface area contributed by atoms with Gasteiger partial charge < -0.3 is 43.7 Å². The SMILES string of the molecule is CC[C@H]1O[C@@](O)(C(F)(F)c2ccccc2C(=O)c2ccccc2)[C@H](OCc2ccccc2)[C@@H](OCc2ccccc2)[C@@H]1C.CC[C@H]1O[C@]2(OC(O)(O)c3ccccc3C2(F)F)[C@H](OCc2ccccc2)[C@@H](OCc2ccccc2)[C@@H]1C. The Morgan fingerprint density at radius 2 is 0.889 bits per heavy atom. The third kappa shape index (κ3) is 12.2. The summed E-state index contributed by atoms with van der Waals surface area (Å²) in [7, 11) is 0. The number of aliphatic hydroxyl groups is 3. The molecular formula is C66H68F4O11. The number of hydrogen-bond acceptors (Lipinski definition) is 11. The maximum atomic E-state index is 17.0. The lowest BCUT2D eigenvalue weighted by Gasteiger charge is -2.57. The predicted octanol–water partition coefficient (Wildman–Crippen LogP) is 12.5. The van der Waals surface area contributed by atoms with Crippen molar-refractivity contribution in [3.63, 3.8) is 0 Å². The number of fused-ring (bicyclic) bond motifs is 1. The van der Waals surface area contributed by atoms with Crippen molar-refractivity contribution in [2.24, 2.45) is 11.8 Å². The fraction of sp³-hybridized carbons (Fsp3) is 0.348. The summed E-state index contributed by atoms with van der Waals surface area (Å²) in [6, 6.07) is 55.8. The Morgan fingerprint density at radius 1 is 0.506 bits per heavy atom. The molecule has 15 heteroatoms. The second-order valence-corrected chi connectivity index (χ2v) is 20.8. The van der Waals surface area contributed by atoms with Crippen molar-refractivity contribution < 1.29 is 70.8 Å². The zero-order valence-electron chi connectivity index (χ0n) is 45.5. The molecule has 7 aromatic carbocycles. The van der Waals surface area contributed by atoms with Gasteiger partial charge in [-0.05, 0) is 35.1 Å². The number of benzene rings is 7. The predicted molar refractivity (Wildman–Crippen MR) is 294 cm³/mol. The van der Waals surface area contributed by atoms with E-state index in [0.717, 1.165) is 34.4 Å². The first kappa shape index (κ1) is 59.2. The first-order chi connectivity index (χ1) is 39.0. The molecule has 2 fully saturated rings. The zero-order valence-corrected chi connectivity index (χ0v) is 45.5. The first-order valence-corrected chi connectivity index (χ1v) is 27.4. The summed E-state index contributed by atoms with van der Waals surface area (Å²) in [5.41, 5.74) is 1.51. The van der Waals surface area contributed by atoms with Crippen LogP contribution in [0.1, 0.15) is 95.4 Å². The van der Waals surface area contributed by atoms with E-state index in [-0.39, 0.29) is 43.5 Å². The smallest absolute Gasteiger partial charge is 0.329 e. The molecule has 0 radical (unpaired) electrons. The quantitative estimate of drug-likeness (QED) is 0.0429. The molecule has 0 aromatic heterocycles. The molecule has 11 nitrogen and oxygen atoms in total. The van der Waals surface area contributed by atoms with E-state index in [9.17, 15) is 20.1 Å². The topological polar surface area (TPSA) is 142 Å². The normalized spacial score (nSPS) is 26.7. The lowest BCUT2D eigenvalue weighted by atomic mass is 9.78. The van der Waals surface area contributed by atoms with Crippen molar-refractivity contribution in [1.29, 1.82) is 0 Å². The molecule has 0 aliphatic carbocycles. The van der Waals surface area contributed by atoms with Crippen LogP contribution in [0.4, 0.5) is 17.6 Å². The summed E-state index contributed by atoms with van der Waals surface area (Å²) >= 11 is 0. The average Bonchev–Trinajstić information content (AvgIpc) is 1.66. The minimum Gasteiger partial charge on any atom is -0.370 e. The molecule has 0 amide bonds. The van der Waals surface area contributed by atoms with Gasteiger partial charge >= 0.3 is 17.8 Å². The third-order valence-corrected chi connectivity index (χ3v) is 15.5. The molecule has 0 bridgehead atoms. The average molecular weight is 1110 g/mol. The van der Waals surface area contributed by atoms with Crippen molar-refractivity contribution in [3.8, 4) is 0 Å². The van der Waals surface area contributed by atoms with Crippen molar-refractivity contribution in [2.75, 3.05) is 0 Å². The number of carbonyl (C=O) groups is 1. The van der Waals surface area contributed by atoms with E-state index in [2.05, 4.69) is 0 Å². The monoisotopic (exact) mass is 1110 g/mol. The fourth-order valence-corrected chi connectivity index (χ4v) is 11.1. The van der Waals surface area contributed by atoms with Crippen LogP contribution in [-0.4, -0.2) is 69.3 Å². The van der Waals surface area contributed by atoms with Gasteiger partial charge in [-0.1, -0.05) is 228 Å². The number of halogens is 4. The molecular weight excluding hydrogens is 1040 g/mol. The summed E-state index contributed by atoms with van der Waals surface area (Å²) in [6.45, 7) is 7.49. The summed E-state index contributed by atoms with van der Waals surface area (Å²) < 4.78 is 110. The number of ketones is 1. The second-order valence-electron chi connectivity index (χ2n) is 20.8. The van der Waals surface area contributed by atoms with Gasteiger partial charge in [-0.25, -0.2) is 0 Å². The van der Waals surface area contributed by atoms with Crippen LogP contribution < -0.4 is 0 Å². The van der Waals surface area contributed by atoms with Crippen LogP contribution in [0.2, 0.25) is 0 Å². The molecule has 7 aromatic rings. The van der Waals surface area contributed by atoms with Gasteiger partial charge in [0.25, 0.3) is 11.6 Å². The van der Waals surface area contributed by atoms with Crippen LogP contribution in [0, 0.1) is 11.8 Å². The van der Waals surface area contributed by atoms with Gasteiger partial charge in [-0.15, -0.1) is 0 Å². The molecule has 1 spiro atoms. The van der Waals surface area contributed by atoms with Crippen LogP contribution in [0.5, 0.6) is 0 Å². The van der Waals surface area contributed by atoms with Crippen molar-refractivity contribution in [1.82, 2.24) is 0 Å². The van der Waals surface area contributed by atoms with Crippen molar-refractivity contribution >= 4 is 5.78 Å². The molecule has 3 aliphatic rings. The molecule has 0 saturated carbocycles. The van der Waals surface area contributed by atoms with Gasteiger partial charge in [0.05, 0.1) is 56.4 Å². The number of ether oxygens (including phenoxy) is 7. The van der Waals surface area contributed by atoms with Gasteiger partial charge in [0.15, 0.2) is 5.78 Å². The van der Waals surface area contributed by atoms with Crippen molar-refractivity contribution in [2.45, 2.75) is 133 Å². The second kappa shape index (κ2) is 25.3. The maximum Gasteiger partial charge on any atom is 0.329 e. The summed E-state index contributed by atoms with van der Waals surface area (Å²) in [4.78, 5) is 13.5. The molecule has 10 rings (SSSR count). The lowest BCUT2D eigenvalue weighted by molar-refractivity contribution is -0.523. The van der Waals surface area contributed by atoms with Gasteiger partial charge in [-0.3, -0.25) is 9.53 Å². The Hall–Kier alpha value is -6.47. The summed E-state index contributed by atoms with van der Waals surface area (Å²) in [5.74, 6) is -18.3. The highest BCUT2D eigenvalue weighted by molar-refractivity contribution is 6.10. The lowest BCUT2D eigenvalue weighted by Crippen LogP contribution is -2.73. The minimum atomic E-state index is -4.07. The number of carbonyl (C=O) groups excluding carboxylic acids is 1. The van der Waals surface area contributed by atoms with Crippen LogP contribution in [0.15, 0.2) is 200 Å². The Labute approximate surface area is 470 Å². The van der Waals surface area contributed by atoms with E-state index in [1.54, 1.807) is 30.3 Å². The largest absolute Gasteiger partial charge is 0.370 e. The van der Waals surface area contributed by atoms with Gasteiger partial charge in [0, 0.05) is 34.1 Å². The molecule has 10 atom stereocenters. The van der Waals surface area contributed by atoms with Gasteiger partial charge in [-0.2, -0.15) is 17.6 Å². The maximum absolute atomic E-state index is 17.0. The molecule has 3 N–H and O–H groups in total. The molecule has 0 unspecified atom stereocenters. The van der Waals surface area contributed by atoms with Crippen LogP contribution in [0.25, 0.3) is 0 Å². The van der Waals surface area contributed by atoms with E-state index in [4.69, 9.17) is 33.2 Å². The van der Waals surface area contributed by atoms with E-state index in [0.29, 0.717) is 12.8 Å². The Bertz CT molecular complexity index is 3120. The highest BCUT2D eigenvalue weighted by Crippen LogP contribution is 2.58. The van der Waals surface area contributed by atoms with Crippen LogP contribution in [0.3, 0.4) is 0 Å². The standard InChI is InChI=1S/C36H36F2O5.C30H32F2O6/c1-3-31-25(2)33(41-23-26-15-7-4-8-16-26)34(42-24-27-17-9-5-10-18-27)36(40,43-31)35(37,38)30-22-14-13-21-29(30)32(39)28-19-11-6-12-20-28;1-3-25-20(2)26(35-18-21-12-6-4-7-13-21)27(36-19-22-14-8-5-9-15-22)29(37-25)28(31,32)23-16-10-11-17-24(23)30(33,34)38-29/h4-22,25,31,33-34,40H,3,23-24H2,1-2H3;4-17,20,25-27,33-34H,3,18-19H2,1-2H3/t25-,31-,33+,34-,36-;20-,25-,26+,27-,29+/m11/s1. The number of alkyl halides is 4. The molecule has 3 aliphatic heterocycles. The Morgan fingerprint density at radius 3 is 1.37 bits per heavy atom. The highest BCUT2D eigenvalue weighted by Gasteiger charge is 2.74. The van der Waals surface area contributed by atoms with Gasteiger partial charge in [0.1, 0.15) is 12.2 Å². The Balaban J connectivity index is 0.000000197. The van der Waals surface area contributed by atoms with Crippen LogP contribution in [-0.2, 0) is 77.4 Å². The highest BCUT2D eigenvalue weighted by atomic mass is 19.3.